The predicted molar refractivity (Wildman–Crippen MR) is 108 cm³/mol. The Hall–Kier alpha value is -0.523. The SMILES string of the molecule is COc1ccc(OCCO[Si](C(C)C)(C(C)C)C(C)C)c(CBr)c1. The summed E-state index contributed by atoms with van der Waals surface area (Å²) < 4.78 is 17.8. The number of hydrogen-bond donors (Lipinski definition) is 0. The molecule has 0 fully saturated rings. The number of halogens is 1. The molecule has 0 aliphatic rings. The Bertz CT molecular complexity index is 482. The Labute approximate surface area is 157 Å². The molecule has 24 heavy (non-hydrogen) atoms. The van der Waals surface area contributed by atoms with Gasteiger partial charge in [0.15, 0.2) is 8.32 Å². The first-order chi connectivity index (χ1) is 11.3. The number of ether oxygens (including phenoxy) is 2. The van der Waals surface area contributed by atoms with Crippen molar-refractivity contribution in [3.8, 4) is 11.5 Å². The second-order valence-electron chi connectivity index (χ2n) is 7.12. The summed E-state index contributed by atoms with van der Waals surface area (Å²) in [5, 5.41) is 0.739. The summed E-state index contributed by atoms with van der Waals surface area (Å²) >= 11 is 3.51. The van der Waals surface area contributed by atoms with E-state index in [1.54, 1.807) is 7.11 Å². The zero-order chi connectivity index (χ0) is 18.3. The van der Waals surface area contributed by atoms with E-state index in [9.17, 15) is 0 Å². The minimum absolute atomic E-state index is 0.577. The monoisotopic (exact) mass is 416 g/mol. The Morgan fingerprint density at radius 1 is 0.958 bits per heavy atom. The Morgan fingerprint density at radius 3 is 2.00 bits per heavy atom. The largest absolute Gasteiger partial charge is 0.497 e. The van der Waals surface area contributed by atoms with Crippen molar-refractivity contribution in [2.24, 2.45) is 0 Å². The van der Waals surface area contributed by atoms with Crippen molar-refractivity contribution in [3.63, 3.8) is 0 Å². The third-order valence-corrected chi connectivity index (χ3v) is 11.5. The van der Waals surface area contributed by atoms with Gasteiger partial charge in [-0.15, -0.1) is 0 Å². The molecule has 0 bridgehead atoms. The van der Waals surface area contributed by atoms with Crippen LogP contribution in [-0.4, -0.2) is 28.6 Å². The van der Waals surface area contributed by atoms with E-state index in [4.69, 9.17) is 13.9 Å². The number of hydrogen-bond acceptors (Lipinski definition) is 3. The van der Waals surface area contributed by atoms with Gasteiger partial charge in [-0.1, -0.05) is 57.5 Å². The summed E-state index contributed by atoms with van der Waals surface area (Å²) in [6, 6.07) is 5.89. The molecule has 3 nitrogen and oxygen atoms in total. The van der Waals surface area contributed by atoms with Crippen LogP contribution in [0.2, 0.25) is 16.6 Å². The fourth-order valence-corrected chi connectivity index (χ4v) is 9.67. The second-order valence-corrected chi connectivity index (χ2v) is 13.1. The molecule has 0 aliphatic heterocycles. The zero-order valence-electron chi connectivity index (χ0n) is 16.2. The topological polar surface area (TPSA) is 27.7 Å². The molecule has 0 aliphatic carbocycles. The van der Waals surface area contributed by atoms with Gasteiger partial charge in [0.1, 0.15) is 18.1 Å². The van der Waals surface area contributed by atoms with Crippen LogP contribution in [0.3, 0.4) is 0 Å². The van der Waals surface area contributed by atoms with E-state index in [2.05, 4.69) is 57.5 Å². The second kappa shape index (κ2) is 9.83. The van der Waals surface area contributed by atoms with Gasteiger partial charge >= 0.3 is 0 Å². The van der Waals surface area contributed by atoms with Gasteiger partial charge < -0.3 is 13.9 Å². The van der Waals surface area contributed by atoms with Crippen molar-refractivity contribution in [3.05, 3.63) is 23.8 Å². The maximum Gasteiger partial charge on any atom is 0.200 e. The molecule has 1 aromatic rings. The van der Waals surface area contributed by atoms with E-state index < -0.39 is 8.32 Å². The average molecular weight is 417 g/mol. The maximum absolute atomic E-state index is 6.53. The zero-order valence-corrected chi connectivity index (χ0v) is 18.8. The van der Waals surface area contributed by atoms with Gasteiger partial charge in [0.05, 0.1) is 13.7 Å². The Morgan fingerprint density at radius 2 is 1.54 bits per heavy atom. The van der Waals surface area contributed by atoms with E-state index in [-0.39, 0.29) is 0 Å². The highest BCUT2D eigenvalue weighted by atomic mass is 79.9. The lowest BCUT2D eigenvalue weighted by atomic mass is 10.2. The van der Waals surface area contributed by atoms with Crippen molar-refractivity contribution in [2.45, 2.75) is 63.5 Å². The quantitative estimate of drug-likeness (QED) is 0.259. The van der Waals surface area contributed by atoms with Gasteiger partial charge in [-0.3, -0.25) is 0 Å². The number of benzene rings is 1. The van der Waals surface area contributed by atoms with Crippen LogP contribution >= 0.6 is 15.9 Å². The van der Waals surface area contributed by atoms with Crippen LogP contribution in [0.15, 0.2) is 18.2 Å². The van der Waals surface area contributed by atoms with Crippen LogP contribution in [-0.2, 0) is 9.76 Å². The molecular weight excluding hydrogens is 384 g/mol. The molecule has 1 aromatic carbocycles. The van der Waals surface area contributed by atoms with Crippen LogP contribution in [0.4, 0.5) is 0 Å². The highest BCUT2D eigenvalue weighted by Crippen LogP contribution is 2.42. The van der Waals surface area contributed by atoms with E-state index in [1.807, 2.05) is 18.2 Å². The summed E-state index contributed by atoms with van der Waals surface area (Å²) in [5.41, 5.74) is 2.87. The molecule has 0 atom stereocenters. The highest BCUT2D eigenvalue weighted by Gasteiger charge is 2.44. The fourth-order valence-electron chi connectivity index (χ4n) is 3.80. The average Bonchev–Trinajstić information content (AvgIpc) is 2.53. The van der Waals surface area contributed by atoms with Gasteiger partial charge in [-0.05, 0) is 34.8 Å². The molecule has 0 radical (unpaired) electrons. The summed E-state index contributed by atoms with van der Waals surface area (Å²) in [6.45, 7) is 15.1. The van der Waals surface area contributed by atoms with E-state index >= 15 is 0 Å². The van der Waals surface area contributed by atoms with Gasteiger partial charge in [0, 0.05) is 10.9 Å². The van der Waals surface area contributed by atoms with Gasteiger partial charge in [-0.2, -0.15) is 0 Å². The molecule has 0 spiro atoms. The van der Waals surface area contributed by atoms with Crippen LogP contribution in [0.25, 0.3) is 0 Å². The highest BCUT2D eigenvalue weighted by molar-refractivity contribution is 9.08. The Balaban J connectivity index is 2.70. The third-order valence-electron chi connectivity index (χ3n) is 4.81. The smallest absolute Gasteiger partial charge is 0.200 e. The number of alkyl halides is 1. The predicted octanol–water partition coefficient (Wildman–Crippen LogP) is 6.16. The molecule has 0 saturated carbocycles. The summed E-state index contributed by atoms with van der Waals surface area (Å²) in [5.74, 6) is 1.74. The molecule has 1 rings (SSSR count). The lowest BCUT2D eigenvalue weighted by Crippen LogP contribution is -2.48. The summed E-state index contributed by atoms with van der Waals surface area (Å²) in [6.07, 6.45) is 0. The van der Waals surface area contributed by atoms with Crippen molar-refractivity contribution in [1.82, 2.24) is 0 Å². The van der Waals surface area contributed by atoms with E-state index in [1.165, 1.54) is 0 Å². The molecule has 138 valence electrons. The summed E-state index contributed by atoms with van der Waals surface area (Å²) in [7, 11) is -0.135. The fraction of sp³-hybridized carbons (Fsp3) is 0.684. The minimum Gasteiger partial charge on any atom is -0.497 e. The van der Waals surface area contributed by atoms with Crippen molar-refractivity contribution in [1.29, 1.82) is 0 Å². The first kappa shape index (κ1) is 21.5. The van der Waals surface area contributed by atoms with Crippen LogP contribution in [0.5, 0.6) is 11.5 Å². The minimum atomic E-state index is -1.81. The maximum atomic E-state index is 6.53. The van der Waals surface area contributed by atoms with Gasteiger partial charge in [0.25, 0.3) is 0 Å². The van der Waals surface area contributed by atoms with Crippen molar-refractivity contribution >= 4 is 24.2 Å². The van der Waals surface area contributed by atoms with Crippen LogP contribution in [0.1, 0.15) is 47.1 Å². The lowest BCUT2D eigenvalue weighted by Gasteiger charge is -2.42. The molecule has 0 amide bonds. The van der Waals surface area contributed by atoms with Crippen molar-refractivity contribution < 1.29 is 13.9 Å². The first-order valence-corrected chi connectivity index (χ1v) is 12.0. The normalized spacial score (nSPS) is 12.3. The molecule has 5 heteroatoms. The van der Waals surface area contributed by atoms with E-state index in [0.717, 1.165) is 22.4 Å². The lowest BCUT2D eigenvalue weighted by molar-refractivity contribution is 0.197. The first-order valence-electron chi connectivity index (χ1n) is 8.79. The third kappa shape index (κ3) is 4.99. The number of rotatable bonds is 10. The molecular formula is C19H33BrO3Si. The van der Waals surface area contributed by atoms with Crippen molar-refractivity contribution in [2.75, 3.05) is 20.3 Å². The summed E-state index contributed by atoms with van der Waals surface area (Å²) in [4.78, 5) is 0. The molecule has 0 unspecified atom stereocenters. The standard InChI is InChI=1S/C19H33BrO3Si/c1-14(2)24(15(3)4,16(5)6)23-11-10-22-19-9-8-18(21-7)12-17(19)13-20/h8-9,12,14-16H,10-11,13H2,1-7H3. The number of methoxy groups -OCH3 is 1. The Kier molecular flexibility index (Phi) is 8.81. The molecule has 0 heterocycles. The van der Waals surface area contributed by atoms with Crippen LogP contribution < -0.4 is 9.47 Å². The molecule has 0 aromatic heterocycles. The van der Waals surface area contributed by atoms with Gasteiger partial charge in [-0.25, -0.2) is 0 Å². The molecule has 0 saturated heterocycles. The molecule has 0 N–H and O–H groups in total. The van der Waals surface area contributed by atoms with Crippen LogP contribution in [0, 0.1) is 0 Å². The van der Waals surface area contributed by atoms with Gasteiger partial charge in [0.2, 0.25) is 0 Å². The van der Waals surface area contributed by atoms with E-state index in [0.29, 0.717) is 29.8 Å².